The predicted molar refractivity (Wildman–Crippen MR) is 100 cm³/mol. The Hall–Kier alpha value is -2.60. The molecule has 0 aliphatic rings. The molecule has 0 fully saturated rings. The number of rotatable bonds is 4. The minimum absolute atomic E-state index is 0.0523. The molecule has 0 aliphatic heterocycles. The molecule has 6 heteroatoms. The van der Waals surface area contributed by atoms with Gasteiger partial charge in [0.15, 0.2) is 11.3 Å². The summed E-state index contributed by atoms with van der Waals surface area (Å²) in [5.41, 5.74) is 1.10. The SMILES string of the molecule is CCOc1cccc2cc(C(=O)Nc3ccc(Br)cc3C)c(=O)oc12. The van der Waals surface area contributed by atoms with Gasteiger partial charge in [0.1, 0.15) is 5.56 Å². The number of anilines is 1. The Kier molecular flexibility index (Phi) is 4.90. The minimum Gasteiger partial charge on any atom is -0.490 e. The number of carbonyl (C=O) groups excluding carboxylic acids is 1. The van der Waals surface area contributed by atoms with Gasteiger partial charge in [0.2, 0.25) is 0 Å². The van der Waals surface area contributed by atoms with Gasteiger partial charge in [0.25, 0.3) is 5.91 Å². The Balaban J connectivity index is 1.99. The number of hydrogen-bond acceptors (Lipinski definition) is 4. The second kappa shape index (κ2) is 7.11. The lowest BCUT2D eigenvalue weighted by Gasteiger charge is -2.09. The van der Waals surface area contributed by atoms with Crippen molar-refractivity contribution in [2.45, 2.75) is 13.8 Å². The molecule has 0 bridgehead atoms. The maximum atomic E-state index is 12.5. The van der Waals surface area contributed by atoms with E-state index in [2.05, 4.69) is 21.2 Å². The molecule has 0 radical (unpaired) electrons. The van der Waals surface area contributed by atoms with E-state index >= 15 is 0 Å². The van der Waals surface area contributed by atoms with E-state index in [1.807, 2.05) is 26.0 Å². The standard InChI is InChI=1S/C19H16BrNO4/c1-3-24-16-6-4-5-12-10-14(19(23)25-17(12)16)18(22)21-15-8-7-13(20)9-11(15)2/h4-10H,3H2,1-2H3,(H,21,22). The number of carbonyl (C=O) groups is 1. The molecule has 1 aromatic heterocycles. The second-order valence-corrected chi connectivity index (χ2v) is 6.38. The van der Waals surface area contributed by atoms with Gasteiger partial charge in [0.05, 0.1) is 6.61 Å². The van der Waals surface area contributed by atoms with Crippen molar-refractivity contribution >= 4 is 38.5 Å². The van der Waals surface area contributed by atoms with Gasteiger partial charge < -0.3 is 14.5 Å². The quantitative estimate of drug-likeness (QED) is 0.652. The molecular formula is C19H16BrNO4. The number of fused-ring (bicyclic) bond motifs is 1. The third-order valence-corrected chi connectivity index (χ3v) is 4.20. The van der Waals surface area contributed by atoms with Crippen LogP contribution in [0.4, 0.5) is 5.69 Å². The van der Waals surface area contributed by atoms with Crippen LogP contribution in [-0.2, 0) is 0 Å². The van der Waals surface area contributed by atoms with E-state index in [-0.39, 0.29) is 5.56 Å². The fourth-order valence-corrected chi connectivity index (χ4v) is 2.98. The highest BCUT2D eigenvalue weighted by Crippen LogP contribution is 2.25. The van der Waals surface area contributed by atoms with E-state index in [0.717, 1.165) is 10.0 Å². The molecule has 0 spiro atoms. The van der Waals surface area contributed by atoms with Gasteiger partial charge in [-0.25, -0.2) is 4.79 Å². The number of hydrogen-bond donors (Lipinski definition) is 1. The highest BCUT2D eigenvalue weighted by atomic mass is 79.9. The summed E-state index contributed by atoms with van der Waals surface area (Å²) in [5, 5.41) is 3.38. The van der Waals surface area contributed by atoms with Crippen molar-refractivity contribution in [3.05, 3.63) is 68.5 Å². The molecule has 1 N–H and O–H groups in total. The Bertz CT molecular complexity index is 1010. The van der Waals surface area contributed by atoms with Gasteiger partial charge in [-0.2, -0.15) is 0 Å². The first kappa shape index (κ1) is 17.2. The summed E-state index contributed by atoms with van der Waals surface area (Å²) in [6, 6.07) is 12.3. The molecule has 0 aliphatic carbocycles. The molecule has 0 unspecified atom stereocenters. The number of ether oxygens (including phenoxy) is 1. The molecule has 0 saturated carbocycles. The number of benzene rings is 2. The first-order valence-electron chi connectivity index (χ1n) is 7.76. The van der Waals surface area contributed by atoms with Crippen molar-refractivity contribution in [1.82, 2.24) is 0 Å². The number of para-hydroxylation sites is 1. The van der Waals surface area contributed by atoms with E-state index in [1.54, 1.807) is 24.3 Å². The Morgan fingerprint density at radius 2 is 2.04 bits per heavy atom. The van der Waals surface area contributed by atoms with Gasteiger partial charge in [-0.15, -0.1) is 0 Å². The van der Waals surface area contributed by atoms with Crippen molar-refractivity contribution in [2.24, 2.45) is 0 Å². The van der Waals surface area contributed by atoms with Crippen LogP contribution in [0.3, 0.4) is 0 Å². The van der Waals surface area contributed by atoms with Gasteiger partial charge >= 0.3 is 5.63 Å². The van der Waals surface area contributed by atoms with Crippen molar-refractivity contribution < 1.29 is 13.9 Å². The van der Waals surface area contributed by atoms with Crippen molar-refractivity contribution in [3.63, 3.8) is 0 Å². The maximum absolute atomic E-state index is 12.5. The Morgan fingerprint density at radius 3 is 2.76 bits per heavy atom. The number of amides is 1. The smallest absolute Gasteiger partial charge is 0.349 e. The van der Waals surface area contributed by atoms with Gasteiger partial charge in [-0.05, 0) is 49.7 Å². The largest absolute Gasteiger partial charge is 0.490 e. The van der Waals surface area contributed by atoms with Crippen LogP contribution in [0.15, 0.2) is 56.1 Å². The topological polar surface area (TPSA) is 68.5 Å². The molecule has 25 heavy (non-hydrogen) atoms. The number of halogens is 1. The van der Waals surface area contributed by atoms with Crippen molar-refractivity contribution in [3.8, 4) is 5.75 Å². The lowest BCUT2D eigenvalue weighted by molar-refractivity contribution is 0.102. The zero-order valence-corrected chi connectivity index (χ0v) is 15.3. The fourth-order valence-electron chi connectivity index (χ4n) is 2.50. The number of nitrogens with one attached hydrogen (secondary N) is 1. The zero-order chi connectivity index (χ0) is 18.0. The van der Waals surface area contributed by atoms with E-state index in [4.69, 9.17) is 9.15 Å². The summed E-state index contributed by atoms with van der Waals surface area (Å²) >= 11 is 3.38. The highest BCUT2D eigenvalue weighted by Gasteiger charge is 2.16. The predicted octanol–water partition coefficient (Wildman–Crippen LogP) is 4.51. The average Bonchev–Trinajstić information content (AvgIpc) is 2.57. The zero-order valence-electron chi connectivity index (χ0n) is 13.8. The lowest BCUT2D eigenvalue weighted by Crippen LogP contribution is -2.21. The van der Waals surface area contributed by atoms with E-state index in [1.165, 1.54) is 6.07 Å². The molecule has 0 atom stereocenters. The van der Waals surface area contributed by atoms with Gasteiger partial charge in [0, 0.05) is 15.5 Å². The lowest BCUT2D eigenvalue weighted by atomic mass is 10.1. The maximum Gasteiger partial charge on any atom is 0.349 e. The molecule has 128 valence electrons. The molecule has 1 amide bonds. The summed E-state index contributed by atoms with van der Waals surface area (Å²) in [4.78, 5) is 24.8. The molecular weight excluding hydrogens is 386 g/mol. The van der Waals surface area contributed by atoms with Crippen LogP contribution in [0.5, 0.6) is 5.75 Å². The molecule has 2 aromatic carbocycles. The van der Waals surface area contributed by atoms with Crippen LogP contribution in [0.25, 0.3) is 11.0 Å². The van der Waals surface area contributed by atoms with Gasteiger partial charge in [-0.1, -0.05) is 28.1 Å². The van der Waals surface area contributed by atoms with E-state index < -0.39 is 11.5 Å². The third kappa shape index (κ3) is 3.58. The fraction of sp³-hybridized carbons (Fsp3) is 0.158. The first-order valence-corrected chi connectivity index (χ1v) is 8.56. The minimum atomic E-state index is -0.702. The van der Waals surface area contributed by atoms with Crippen molar-refractivity contribution in [1.29, 1.82) is 0 Å². The van der Waals surface area contributed by atoms with Gasteiger partial charge in [-0.3, -0.25) is 4.79 Å². The van der Waals surface area contributed by atoms with E-state index in [0.29, 0.717) is 29.0 Å². The summed E-state index contributed by atoms with van der Waals surface area (Å²) in [6.07, 6.45) is 0. The highest BCUT2D eigenvalue weighted by molar-refractivity contribution is 9.10. The Morgan fingerprint density at radius 1 is 1.24 bits per heavy atom. The Labute approximate surface area is 152 Å². The number of aryl methyl sites for hydroxylation is 1. The third-order valence-electron chi connectivity index (χ3n) is 3.70. The van der Waals surface area contributed by atoms with E-state index in [9.17, 15) is 9.59 Å². The monoisotopic (exact) mass is 401 g/mol. The average molecular weight is 402 g/mol. The molecule has 1 heterocycles. The van der Waals surface area contributed by atoms with Crippen molar-refractivity contribution in [2.75, 3.05) is 11.9 Å². The normalized spacial score (nSPS) is 10.7. The second-order valence-electron chi connectivity index (χ2n) is 5.47. The summed E-state index contributed by atoms with van der Waals surface area (Å²) in [6.45, 7) is 4.17. The van der Waals surface area contributed by atoms with Crippen LogP contribution in [0.2, 0.25) is 0 Å². The molecule has 3 aromatic rings. The van der Waals surface area contributed by atoms with Crippen LogP contribution in [0.1, 0.15) is 22.8 Å². The van der Waals surface area contributed by atoms with Crippen LogP contribution >= 0.6 is 15.9 Å². The van der Waals surface area contributed by atoms with Crippen LogP contribution in [0, 0.1) is 6.92 Å². The summed E-state index contributed by atoms with van der Waals surface area (Å²) < 4.78 is 11.7. The first-order chi connectivity index (χ1) is 12.0. The molecule has 5 nitrogen and oxygen atoms in total. The molecule has 0 saturated heterocycles. The summed E-state index contributed by atoms with van der Waals surface area (Å²) in [7, 11) is 0. The van der Waals surface area contributed by atoms with Crippen LogP contribution < -0.4 is 15.7 Å². The molecule has 3 rings (SSSR count). The summed E-state index contributed by atoms with van der Waals surface area (Å²) in [5.74, 6) is -0.0318. The van der Waals surface area contributed by atoms with Crippen LogP contribution in [-0.4, -0.2) is 12.5 Å².